The molecule has 15 heavy (non-hydrogen) atoms. The normalized spacial score (nSPS) is 14.0. The Morgan fingerprint density at radius 3 is 2.40 bits per heavy atom. The van der Waals surface area contributed by atoms with Crippen molar-refractivity contribution in [2.45, 2.75) is 32.5 Å². The second-order valence-electron chi connectivity index (χ2n) is 3.38. The van der Waals surface area contributed by atoms with Crippen LogP contribution in [-0.4, -0.2) is 4.98 Å². The second-order valence-corrected chi connectivity index (χ2v) is 3.38. The molecule has 0 fully saturated rings. The van der Waals surface area contributed by atoms with Crippen LogP contribution in [-0.2, 0) is 6.18 Å². The van der Waals surface area contributed by atoms with Crippen molar-refractivity contribution in [2.75, 3.05) is 0 Å². The molecule has 0 aliphatic carbocycles. The molecule has 84 valence electrons. The summed E-state index contributed by atoms with van der Waals surface area (Å²) in [4.78, 5) is 3.51. The van der Waals surface area contributed by atoms with E-state index in [0.29, 0.717) is 17.7 Å². The molecule has 0 spiro atoms. The van der Waals surface area contributed by atoms with Gasteiger partial charge in [-0.3, -0.25) is 0 Å². The molecule has 1 rings (SSSR count). The predicted molar refractivity (Wildman–Crippen MR) is 51.2 cm³/mol. The van der Waals surface area contributed by atoms with E-state index in [1.165, 1.54) is 6.07 Å². The van der Waals surface area contributed by atoms with Crippen molar-refractivity contribution in [3.63, 3.8) is 0 Å². The van der Waals surface area contributed by atoms with Gasteiger partial charge in [-0.05, 0) is 25.0 Å². The van der Waals surface area contributed by atoms with Crippen molar-refractivity contribution < 1.29 is 13.2 Å². The van der Waals surface area contributed by atoms with Crippen molar-refractivity contribution in [1.29, 1.82) is 0 Å². The Morgan fingerprint density at radius 2 is 2.00 bits per heavy atom. The minimum atomic E-state index is -4.39. The number of hydrogen-bond donors (Lipinski definition) is 1. The number of pyridine rings is 1. The number of rotatable bonds is 2. The highest BCUT2D eigenvalue weighted by Crippen LogP contribution is 2.29. The van der Waals surface area contributed by atoms with Crippen LogP contribution < -0.4 is 5.73 Å². The maximum Gasteiger partial charge on any atom is 0.433 e. The van der Waals surface area contributed by atoms with Gasteiger partial charge in [0.25, 0.3) is 0 Å². The first-order valence-corrected chi connectivity index (χ1v) is 4.66. The van der Waals surface area contributed by atoms with Crippen molar-refractivity contribution >= 4 is 0 Å². The summed E-state index contributed by atoms with van der Waals surface area (Å²) in [6.45, 7) is 3.42. The largest absolute Gasteiger partial charge is 0.433 e. The lowest BCUT2D eigenvalue weighted by molar-refractivity contribution is -0.141. The Morgan fingerprint density at radius 1 is 1.40 bits per heavy atom. The van der Waals surface area contributed by atoms with Gasteiger partial charge in [0.2, 0.25) is 0 Å². The lowest BCUT2D eigenvalue weighted by atomic mass is 10.0. The zero-order chi connectivity index (χ0) is 11.6. The molecule has 5 heteroatoms. The molecule has 1 aromatic rings. The summed E-state index contributed by atoms with van der Waals surface area (Å²) in [5.74, 6) is 0. The van der Waals surface area contributed by atoms with Gasteiger partial charge < -0.3 is 5.73 Å². The van der Waals surface area contributed by atoms with Crippen LogP contribution in [0.2, 0.25) is 0 Å². The van der Waals surface area contributed by atoms with Gasteiger partial charge in [-0.25, -0.2) is 4.98 Å². The number of aryl methyl sites for hydroxylation is 1. The quantitative estimate of drug-likeness (QED) is 0.828. The molecule has 1 aromatic heterocycles. The number of hydrogen-bond acceptors (Lipinski definition) is 2. The van der Waals surface area contributed by atoms with Crippen LogP contribution in [0, 0.1) is 6.92 Å². The summed E-state index contributed by atoms with van der Waals surface area (Å²) >= 11 is 0. The third-order valence-electron chi connectivity index (χ3n) is 2.26. The van der Waals surface area contributed by atoms with Gasteiger partial charge in [0.05, 0.1) is 0 Å². The SMILES string of the molecule is CCC(N)c1ccc(C(F)(F)F)nc1C. The highest BCUT2D eigenvalue weighted by atomic mass is 19.4. The number of nitrogens with two attached hydrogens (primary N) is 1. The summed E-state index contributed by atoms with van der Waals surface area (Å²) in [5, 5.41) is 0. The van der Waals surface area contributed by atoms with Crippen LogP contribution in [0.3, 0.4) is 0 Å². The van der Waals surface area contributed by atoms with Crippen LogP contribution in [0.5, 0.6) is 0 Å². The molecule has 0 bridgehead atoms. The molecule has 1 atom stereocenters. The molecule has 1 unspecified atom stereocenters. The smallest absolute Gasteiger partial charge is 0.324 e. The van der Waals surface area contributed by atoms with E-state index in [2.05, 4.69) is 4.98 Å². The summed E-state index contributed by atoms with van der Waals surface area (Å²) in [7, 11) is 0. The lowest BCUT2D eigenvalue weighted by Crippen LogP contribution is -2.14. The number of aromatic nitrogens is 1. The molecule has 2 N–H and O–H groups in total. The summed E-state index contributed by atoms with van der Waals surface area (Å²) in [6, 6.07) is 2.12. The number of halogens is 3. The molecule has 0 aliphatic heterocycles. The van der Waals surface area contributed by atoms with Crippen molar-refractivity contribution in [2.24, 2.45) is 5.73 Å². The molecule has 0 saturated heterocycles. The first kappa shape index (κ1) is 12.0. The van der Waals surface area contributed by atoms with E-state index in [1.54, 1.807) is 6.92 Å². The number of alkyl halides is 3. The molecule has 0 aromatic carbocycles. The molecular weight excluding hydrogens is 205 g/mol. The fourth-order valence-corrected chi connectivity index (χ4v) is 1.34. The van der Waals surface area contributed by atoms with Gasteiger partial charge in [-0.15, -0.1) is 0 Å². The molecule has 0 amide bonds. The Kier molecular flexibility index (Phi) is 3.34. The zero-order valence-electron chi connectivity index (χ0n) is 8.60. The van der Waals surface area contributed by atoms with E-state index in [1.807, 2.05) is 6.92 Å². The van der Waals surface area contributed by atoms with E-state index < -0.39 is 11.9 Å². The van der Waals surface area contributed by atoms with Gasteiger partial charge in [0.1, 0.15) is 5.69 Å². The third kappa shape index (κ3) is 2.68. The van der Waals surface area contributed by atoms with E-state index in [9.17, 15) is 13.2 Å². The Hall–Kier alpha value is -1.10. The van der Waals surface area contributed by atoms with Crippen LogP contribution in [0.4, 0.5) is 13.2 Å². The fourth-order valence-electron chi connectivity index (χ4n) is 1.34. The first-order valence-electron chi connectivity index (χ1n) is 4.66. The van der Waals surface area contributed by atoms with Crippen LogP contribution in [0.25, 0.3) is 0 Å². The third-order valence-corrected chi connectivity index (χ3v) is 2.26. The zero-order valence-corrected chi connectivity index (χ0v) is 8.60. The molecule has 0 saturated carbocycles. The lowest BCUT2D eigenvalue weighted by Gasteiger charge is -2.14. The Bertz CT molecular complexity index is 347. The van der Waals surface area contributed by atoms with Gasteiger partial charge in [-0.2, -0.15) is 13.2 Å². The highest BCUT2D eigenvalue weighted by Gasteiger charge is 2.32. The average Bonchev–Trinajstić information content (AvgIpc) is 2.15. The van der Waals surface area contributed by atoms with Gasteiger partial charge in [0, 0.05) is 11.7 Å². The van der Waals surface area contributed by atoms with E-state index in [-0.39, 0.29) is 6.04 Å². The summed E-state index contributed by atoms with van der Waals surface area (Å²) < 4.78 is 36.9. The average molecular weight is 218 g/mol. The predicted octanol–water partition coefficient (Wildman–Crippen LogP) is 2.82. The van der Waals surface area contributed by atoms with E-state index in [0.717, 1.165) is 6.07 Å². The fraction of sp³-hybridized carbons (Fsp3) is 0.500. The van der Waals surface area contributed by atoms with E-state index in [4.69, 9.17) is 5.73 Å². The van der Waals surface area contributed by atoms with Crippen LogP contribution in [0.15, 0.2) is 12.1 Å². The molecule has 2 nitrogen and oxygen atoms in total. The van der Waals surface area contributed by atoms with Crippen LogP contribution >= 0.6 is 0 Å². The van der Waals surface area contributed by atoms with Crippen molar-refractivity contribution in [3.05, 3.63) is 29.1 Å². The molecule has 1 heterocycles. The highest BCUT2D eigenvalue weighted by molar-refractivity contribution is 5.26. The molecule has 0 radical (unpaired) electrons. The van der Waals surface area contributed by atoms with Crippen molar-refractivity contribution in [1.82, 2.24) is 4.98 Å². The first-order chi connectivity index (χ1) is 6.86. The Balaban J connectivity index is 3.09. The molecule has 0 aliphatic rings. The van der Waals surface area contributed by atoms with Crippen LogP contribution in [0.1, 0.15) is 36.3 Å². The van der Waals surface area contributed by atoms with Gasteiger partial charge >= 0.3 is 6.18 Å². The summed E-state index contributed by atoms with van der Waals surface area (Å²) in [5.41, 5.74) is 5.88. The van der Waals surface area contributed by atoms with Gasteiger partial charge in [-0.1, -0.05) is 13.0 Å². The van der Waals surface area contributed by atoms with Gasteiger partial charge in [0.15, 0.2) is 0 Å². The standard InChI is InChI=1S/C10H13F3N2/c1-3-8(14)7-4-5-9(10(11,12)13)15-6(7)2/h4-5,8H,3,14H2,1-2H3. The summed E-state index contributed by atoms with van der Waals surface area (Å²) in [6.07, 6.45) is -3.71. The Labute approximate surface area is 86.3 Å². The maximum atomic E-state index is 12.3. The molecular formula is C10H13F3N2. The minimum Gasteiger partial charge on any atom is -0.324 e. The maximum absolute atomic E-state index is 12.3. The topological polar surface area (TPSA) is 38.9 Å². The second kappa shape index (κ2) is 4.18. The minimum absolute atomic E-state index is 0.250. The number of nitrogens with zero attached hydrogens (tertiary/aromatic N) is 1. The van der Waals surface area contributed by atoms with E-state index >= 15 is 0 Å². The monoisotopic (exact) mass is 218 g/mol. The van der Waals surface area contributed by atoms with Crippen molar-refractivity contribution in [3.8, 4) is 0 Å².